The van der Waals surface area contributed by atoms with Gasteiger partial charge in [0.05, 0.1) is 136 Å². The Morgan fingerprint density at radius 3 is 1.10 bits per heavy atom. The van der Waals surface area contributed by atoms with Gasteiger partial charge in [-0.05, 0) is 76.4 Å². The fourth-order valence-electron chi connectivity index (χ4n) is 11.5. The largest absolute Gasteiger partial charge is 0.395 e. The molecule has 8 aromatic heterocycles. The van der Waals surface area contributed by atoms with Crippen molar-refractivity contribution in [3.8, 4) is 0 Å². The molecule has 12 aromatic rings. The highest BCUT2D eigenvalue weighted by atomic mass is 35.5. The number of anilines is 4. The van der Waals surface area contributed by atoms with Gasteiger partial charge in [-0.2, -0.15) is 20.4 Å². The van der Waals surface area contributed by atoms with Crippen LogP contribution in [-0.4, -0.2) is 206 Å². The zero-order valence-electron chi connectivity index (χ0n) is 59.0. The number of carbonyl (C=O) groups excluding carboxylic acids is 1. The van der Waals surface area contributed by atoms with Crippen LogP contribution >= 0.6 is 118 Å². The van der Waals surface area contributed by atoms with Crippen molar-refractivity contribution < 1.29 is 34.7 Å². The molecule has 2 aliphatic heterocycles. The van der Waals surface area contributed by atoms with Crippen LogP contribution in [0.1, 0.15) is 22.3 Å². The Hall–Kier alpha value is -8.53. The van der Waals surface area contributed by atoms with E-state index < -0.39 is 24.1 Å². The first-order valence-corrected chi connectivity index (χ1v) is 36.9. The number of β-amino-alcohol motifs (C(OH)–C–C–N with tert-alkyl or cyclic N) is 1. The summed E-state index contributed by atoms with van der Waals surface area (Å²) in [4.78, 5) is 93.7. The van der Waals surface area contributed by atoms with Crippen molar-refractivity contribution in [2.45, 2.75) is 64.5 Å². The van der Waals surface area contributed by atoms with E-state index in [1.165, 1.54) is 32.6 Å². The van der Waals surface area contributed by atoms with E-state index in [0.29, 0.717) is 168 Å². The second-order valence-corrected chi connectivity index (χ2v) is 28.2. The zero-order chi connectivity index (χ0) is 78.1. The molecule has 0 radical (unpaired) electrons. The molecule has 0 spiro atoms. The van der Waals surface area contributed by atoms with Crippen LogP contribution in [0.3, 0.4) is 0 Å². The Morgan fingerprint density at radius 1 is 0.446 bits per heavy atom. The van der Waals surface area contributed by atoms with Gasteiger partial charge in [0.25, 0.3) is 22.2 Å². The first kappa shape index (κ1) is 87.4. The van der Waals surface area contributed by atoms with Gasteiger partial charge in [-0.15, -0.1) is 24.8 Å². The van der Waals surface area contributed by atoms with Gasteiger partial charge in [-0.25, -0.2) is 19.9 Å². The predicted octanol–water partition coefficient (Wildman–Crippen LogP) is 8.49. The Morgan fingerprint density at radius 2 is 0.768 bits per heavy atom. The van der Waals surface area contributed by atoms with Crippen LogP contribution in [0, 0.1) is 0 Å². The lowest BCUT2D eigenvalue weighted by molar-refractivity contribution is -0.122. The fraction of sp³-hybridized carbons (Fsp3) is 0.319. The first-order chi connectivity index (χ1) is 53.0. The van der Waals surface area contributed by atoms with Crippen LogP contribution in [-0.2, 0) is 66.6 Å². The molecule has 2 atom stereocenters. The number of H-pyrrole nitrogens is 4. The molecule has 14 rings (SSSR count). The molecule has 596 valence electrons. The van der Waals surface area contributed by atoms with Crippen molar-refractivity contribution in [3.05, 3.63) is 214 Å². The maximum atomic E-state index is 12.7. The maximum absolute atomic E-state index is 12.7. The second-order valence-electron chi connectivity index (χ2n) is 24.9. The Balaban J connectivity index is 0.000000171. The molecule has 10 heterocycles. The van der Waals surface area contributed by atoms with Crippen LogP contribution in [0.5, 0.6) is 0 Å². The van der Waals surface area contributed by atoms with E-state index in [0.717, 1.165) is 48.4 Å². The predicted molar refractivity (Wildman–Crippen MR) is 437 cm³/mol. The van der Waals surface area contributed by atoms with Crippen molar-refractivity contribution in [3.63, 3.8) is 0 Å². The molecule has 0 saturated carbocycles. The number of fused-ring (bicyclic) bond motifs is 4. The highest BCUT2D eigenvalue weighted by Gasteiger charge is 2.24. The summed E-state index contributed by atoms with van der Waals surface area (Å²) >= 11 is 47.6. The summed E-state index contributed by atoms with van der Waals surface area (Å²) < 4.78 is 16.4. The Labute approximate surface area is 688 Å². The smallest absolute Gasteiger partial charge is 0.278 e. The number of aromatic nitrogens is 16. The molecule has 0 bridgehead atoms. The molecule has 0 aliphatic carbocycles. The molecule has 2 fully saturated rings. The molecule has 0 amide bonds. The normalized spacial score (nSPS) is 13.5. The SMILES string of the molecule is C=C(CO)Cn1ncc2nc(NCc3ccc(Cl)c(Cl)c3)[nH]c(=O)c21.Cl.Cl.O=C(CO)Cn1ncc2nc(NCc3ccc(Cl)c(Cl)c3)[nH]c(=O)c21.O=c1[nH]c(NCc2ccc(Cl)c(Cl)c2)nc2cnn(CC(CO)N3CCOCC3)c12.O=c1[nH]c(NCc2ccc(Cl)c(Cl)c2)nc2cnn(CC(O)CN3CCOCC3)c12. The van der Waals surface area contributed by atoms with Crippen molar-refractivity contribution in [1.29, 1.82) is 0 Å². The Kier molecular flexibility index (Phi) is 32.4. The monoisotopic (exact) mass is 1740 g/mol. The Bertz CT molecular complexity index is 5330. The number of rotatable bonds is 26. The number of benzene rings is 4. The number of ketones is 1. The van der Waals surface area contributed by atoms with Crippen LogP contribution < -0.4 is 43.5 Å². The minimum absolute atomic E-state index is 0. The van der Waals surface area contributed by atoms with Crippen LogP contribution in [0.25, 0.3) is 44.1 Å². The summed E-state index contributed by atoms with van der Waals surface area (Å²) in [6.07, 6.45) is 5.32. The van der Waals surface area contributed by atoms with Gasteiger partial charge in [0.1, 0.15) is 35.2 Å². The summed E-state index contributed by atoms with van der Waals surface area (Å²) in [7, 11) is 0. The number of hydrogen-bond donors (Lipinski definition) is 12. The number of carbonyl (C=O) groups is 1. The number of ether oxygens (including phenoxy) is 2. The first-order valence-electron chi connectivity index (χ1n) is 33.9. The summed E-state index contributed by atoms with van der Waals surface area (Å²) in [5.74, 6) is 0.795. The van der Waals surface area contributed by atoms with Crippen molar-refractivity contribution in [2.75, 3.05) is 100 Å². The minimum atomic E-state index is -0.655. The third-order valence-electron chi connectivity index (χ3n) is 17.0. The number of morpholine rings is 2. The highest BCUT2D eigenvalue weighted by Crippen LogP contribution is 2.27. The van der Waals surface area contributed by atoms with Gasteiger partial charge in [-0.1, -0.05) is 124 Å². The van der Waals surface area contributed by atoms with Crippen molar-refractivity contribution in [1.82, 2.24) is 88.8 Å². The van der Waals surface area contributed by atoms with Gasteiger partial charge in [0.15, 0.2) is 27.9 Å². The number of aliphatic hydroxyl groups is 4. The van der Waals surface area contributed by atoms with Gasteiger partial charge < -0.3 is 51.2 Å². The third-order valence-corrected chi connectivity index (χ3v) is 19.9. The molecule has 2 unspecified atom stereocenters. The molecular weight excluding hydrogens is 1670 g/mol. The molecule has 33 nitrogen and oxygen atoms in total. The van der Waals surface area contributed by atoms with E-state index in [-0.39, 0.29) is 91.8 Å². The number of Topliss-reactive ketones (excluding diaryl/α,β-unsaturated/α-hetero) is 1. The lowest BCUT2D eigenvalue weighted by Crippen LogP contribution is -2.47. The average Bonchev–Trinajstić information content (AvgIpc) is 1.65. The zero-order valence-corrected chi connectivity index (χ0v) is 66.7. The molecule has 12 N–H and O–H groups in total. The number of hydrogen-bond acceptors (Lipinski definition) is 25. The van der Waals surface area contributed by atoms with E-state index in [1.54, 1.807) is 65.5 Å². The van der Waals surface area contributed by atoms with E-state index in [9.17, 15) is 34.2 Å². The van der Waals surface area contributed by atoms with E-state index >= 15 is 0 Å². The summed E-state index contributed by atoms with van der Waals surface area (Å²) in [5.41, 5.74) is 5.64. The number of nitrogens with one attached hydrogen (secondary N) is 8. The van der Waals surface area contributed by atoms with Gasteiger partial charge in [-0.3, -0.25) is 72.4 Å². The average molecular weight is 1740 g/mol. The summed E-state index contributed by atoms with van der Waals surface area (Å²) in [6.45, 7) is 11.3. The van der Waals surface area contributed by atoms with E-state index in [4.69, 9.17) is 112 Å². The van der Waals surface area contributed by atoms with Crippen LogP contribution in [0.15, 0.2) is 129 Å². The van der Waals surface area contributed by atoms with E-state index in [1.807, 2.05) is 18.2 Å². The van der Waals surface area contributed by atoms with E-state index in [2.05, 4.69) is 97.9 Å². The number of aliphatic hydroxyl groups excluding tert-OH is 4. The van der Waals surface area contributed by atoms with Gasteiger partial charge >= 0.3 is 0 Å². The highest BCUT2D eigenvalue weighted by molar-refractivity contribution is 6.43. The summed E-state index contributed by atoms with van der Waals surface area (Å²) in [6, 6.07) is 21.0. The lowest BCUT2D eigenvalue weighted by atomic mass is 10.2. The van der Waals surface area contributed by atoms with Gasteiger partial charge in [0, 0.05) is 58.9 Å². The quantitative estimate of drug-likeness (QED) is 0.0226. The maximum Gasteiger partial charge on any atom is 0.278 e. The van der Waals surface area contributed by atoms with Crippen molar-refractivity contribution in [2.24, 2.45) is 0 Å². The second kappa shape index (κ2) is 41.5. The molecule has 43 heteroatoms. The molecule has 4 aromatic carbocycles. The molecule has 2 aliphatic rings. The van der Waals surface area contributed by atoms with Gasteiger partial charge in [0.2, 0.25) is 23.8 Å². The van der Waals surface area contributed by atoms with Crippen LogP contribution in [0.2, 0.25) is 40.2 Å². The molecule has 2 saturated heterocycles. The number of nitrogens with zero attached hydrogens (tertiary/aromatic N) is 14. The summed E-state index contributed by atoms with van der Waals surface area (Å²) in [5, 5.41) is 70.7. The fourth-order valence-corrected chi connectivity index (χ4v) is 12.7. The molecule has 112 heavy (non-hydrogen) atoms. The number of aromatic amines is 4. The van der Waals surface area contributed by atoms with Crippen molar-refractivity contribution >= 4 is 191 Å². The van der Waals surface area contributed by atoms with Crippen LogP contribution in [0.4, 0.5) is 23.8 Å². The topological polar surface area (TPSA) is 425 Å². The minimum Gasteiger partial charge on any atom is -0.395 e. The third kappa shape index (κ3) is 23.3. The molecular formula is C69H74Cl10N22O11. The number of halogens is 10. The lowest BCUT2D eigenvalue weighted by Gasteiger charge is -2.33. The standard InChI is InChI=1S/2C19H22Cl2N6O3.C16H15Cl2N5O2.C15H13Cl2N5O3.2ClH/c20-14-2-1-12(7-15(14)21)8-22-19-24-16-9-23-27(17(16)18(29)25-19)10-13(11-28)26-3-5-30-6-4-26;20-14-2-1-12(7-15(14)21)8-22-19-24-16-9-23-27(17(16)18(29)25-19)11-13(28)10-26-3-5-30-6-4-26;1-9(8-24)7-23-14-13(6-20-23)21-16(22-15(14)25)19-5-10-2-3-11(17)12(18)4-10;16-10-2-1-8(3-11(10)17)4-18-15-20-12-5-19-22(6-9(24)7-23)13(12)14(25)21-15;;/h2*1-2,7,9,13,28H,3-6,8,10-11H2,(H2,22,24,25,29);2-4,6,24H,1,5,7-8H2,(H2,19,21,22,25);1-3,5,23H,4,6-7H2,(H2,18,20,21,25);2*1H.